The van der Waals surface area contributed by atoms with Gasteiger partial charge < -0.3 is 5.32 Å². The normalized spacial score (nSPS) is 12.2. The summed E-state index contributed by atoms with van der Waals surface area (Å²) in [6.45, 7) is 13.6. The number of anilines is 2. The number of hydrogen-bond acceptors (Lipinski definition) is 1. The van der Waals surface area contributed by atoms with Crippen molar-refractivity contribution in [2.75, 3.05) is 5.32 Å². The maximum atomic E-state index is 3.77. The van der Waals surface area contributed by atoms with Crippen molar-refractivity contribution in [2.45, 2.75) is 52.4 Å². The molecule has 0 aliphatic carbocycles. The van der Waals surface area contributed by atoms with Crippen molar-refractivity contribution in [1.29, 1.82) is 0 Å². The maximum absolute atomic E-state index is 3.77. The fourth-order valence-electron chi connectivity index (χ4n) is 6.50. The largest absolute Gasteiger partial charge is 0.355 e. The van der Waals surface area contributed by atoms with Gasteiger partial charge in [0.25, 0.3) is 0 Å². The summed E-state index contributed by atoms with van der Waals surface area (Å²) in [6.07, 6.45) is 0. The molecule has 0 fully saturated rings. The number of hydrogen-bond donors (Lipinski definition) is 1. The van der Waals surface area contributed by atoms with Gasteiger partial charge in [-0.15, -0.1) is 0 Å². The first-order chi connectivity index (χ1) is 21.6. The summed E-state index contributed by atoms with van der Waals surface area (Å²) in [5, 5.41) is 11.5. The van der Waals surface area contributed by atoms with Gasteiger partial charge in [-0.1, -0.05) is 145 Å². The summed E-state index contributed by atoms with van der Waals surface area (Å²) in [5.74, 6) is 0. The molecule has 1 N–H and O–H groups in total. The second kappa shape index (κ2) is 10.9. The van der Waals surface area contributed by atoms with E-state index < -0.39 is 0 Å². The minimum absolute atomic E-state index is 0.0389. The fourth-order valence-corrected chi connectivity index (χ4v) is 6.50. The van der Waals surface area contributed by atoms with Crippen molar-refractivity contribution in [2.24, 2.45) is 0 Å². The molecule has 7 aromatic rings. The van der Waals surface area contributed by atoms with Gasteiger partial charge in [0.15, 0.2) is 0 Å². The van der Waals surface area contributed by atoms with Gasteiger partial charge in [-0.25, -0.2) is 0 Å². The van der Waals surface area contributed by atoms with Crippen LogP contribution >= 0.6 is 0 Å². The number of nitrogens with one attached hydrogen (secondary N) is 1. The van der Waals surface area contributed by atoms with Gasteiger partial charge in [-0.05, 0) is 101 Å². The number of rotatable bonds is 4. The Kier molecular flexibility index (Phi) is 7.01. The van der Waals surface area contributed by atoms with E-state index in [9.17, 15) is 0 Å². The first kappa shape index (κ1) is 28.9. The average Bonchev–Trinajstić information content (AvgIpc) is 3.04. The van der Waals surface area contributed by atoms with E-state index >= 15 is 0 Å². The third-order valence-corrected chi connectivity index (χ3v) is 9.19. The number of benzene rings is 7. The van der Waals surface area contributed by atoms with Crippen molar-refractivity contribution in [1.82, 2.24) is 0 Å². The fraction of sp³-hybridized carbons (Fsp3) is 0.182. The lowest BCUT2D eigenvalue weighted by Crippen LogP contribution is -2.11. The second-order valence-corrected chi connectivity index (χ2v) is 14.4. The highest BCUT2D eigenvalue weighted by molar-refractivity contribution is 6.25. The predicted molar refractivity (Wildman–Crippen MR) is 197 cm³/mol. The SMILES string of the molecule is CC(C)(C)c1ccc(-c2ccc(Nc3ccc(C(C)(C)C)cc3-c3ccc4c5ccccc5c5ccccc5c4c3)cc2)cc1. The molecule has 0 saturated heterocycles. The van der Waals surface area contributed by atoms with Crippen LogP contribution in [0.15, 0.2) is 133 Å². The van der Waals surface area contributed by atoms with Gasteiger partial charge in [0.2, 0.25) is 0 Å². The number of fused-ring (bicyclic) bond motifs is 6. The maximum Gasteiger partial charge on any atom is 0.0464 e. The molecular formula is C44H41N. The molecule has 0 atom stereocenters. The minimum atomic E-state index is 0.0389. The van der Waals surface area contributed by atoms with Gasteiger partial charge in [0.05, 0.1) is 0 Å². The molecule has 1 heteroatoms. The summed E-state index contributed by atoms with van der Waals surface area (Å²) in [5.41, 5.74) is 9.93. The third kappa shape index (κ3) is 5.49. The first-order valence-corrected chi connectivity index (χ1v) is 16.0. The minimum Gasteiger partial charge on any atom is -0.355 e. The molecule has 0 aliphatic heterocycles. The Balaban J connectivity index is 1.30. The Morgan fingerprint density at radius 3 is 1.36 bits per heavy atom. The standard InChI is InChI=1S/C44H41N/c1-43(2,3)32-20-15-29(16-21-32)30-17-23-34(24-18-30)45-42-26-22-33(44(4,5)6)28-40(42)31-19-25-39-37-13-8-7-11-35(37)36-12-9-10-14-38(36)41(39)27-31/h7-28,45H,1-6H3. The van der Waals surface area contributed by atoms with Crippen molar-refractivity contribution in [3.8, 4) is 22.3 Å². The molecule has 0 unspecified atom stereocenters. The van der Waals surface area contributed by atoms with Gasteiger partial charge in [0.1, 0.15) is 0 Å². The van der Waals surface area contributed by atoms with Crippen molar-refractivity contribution in [3.63, 3.8) is 0 Å². The molecule has 0 aromatic heterocycles. The Bertz CT molecular complexity index is 2130. The van der Waals surface area contributed by atoms with E-state index in [0.29, 0.717) is 0 Å². The van der Waals surface area contributed by atoms with Crippen LogP contribution in [0.3, 0.4) is 0 Å². The highest BCUT2D eigenvalue weighted by Gasteiger charge is 2.18. The lowest BCUT2D eigenvalue weighted by atomic mass is 9.84. The molecule has 7 aromatic carbocycles. The van der Waals surface area contributed by atoms with Gasteiger partial charge >= 0.3 is 0 Å². The molecule has 7 rings (SSSR count). The first-order valence-electron chi connectivity index (χ1n) is 16.0. The van der Waals surface area contributed by atoms with E-state index in [1.165, 1.54) is 65.7 Å². The van der Waals surface area contributed by atoms with Crippen molar-refractivity contribution < 1.29 is 0 Å². The highest BCUT2D eigenvalue weighted by Crippen LogP contribution is 2.40. The smallest absolute Gasteiger partial charge is 0.0464 e. The molecule has 0 saturated carbocycles. The van der Waals surface area contributed by atoms with Crippen LogP contribution in [0.1, 0.15) is 52.7 Å². The van der Waals surface area contributed by atoms with Crippen LogP contribution in [0.4, 0.5) is 11.4 Å². The van der Waals surface area contributed by atoms with E-state index in [2.05, 4.69) is 180 Å². The monoisotopic (exact) mass is 583 g/mol. The van der Waals surface area contributed by atoms with Gasteiger partial charge in [0, 0.05) is 16.9 Å². The summed E-state index contributed by atoms with van der Waals surface area (Å²) >= 11 is 0. The average molecular weight is 584 g/mol. The summed E-state index contributed by atoms with van der Waals surface area (Å²) in [4.78, 5) is 0. The molecule has 0 heterocycles. The van der Waals surface area contributed by atoms with Gasteiger partial charge in [-0.3, -0.25) is 0 Å². The van der Waals surface area contributed by atoms with Gasteiger partial charge in [-0.2, -0.15) is 0 Å². The van der Waals surface area contributed by atoms with E-state index in [-0.39, 0.29) is 10.8 Å². The second-order valence-electron chi connectivity index (χ2n) is 14.4. The van der Waals surface area contributed by atoms with E-state index in [0.717, 1.165) is 11.4 Å². The summed E-state index contributed by atoms with van der Waals surface area (Å²) < 4.78 is 0. The molecule has 0 bridgehead atoms. The van der Waals surface area contributed by atoms with Crippen LogP contribution in [0.25, 0.3) is 54.6 Å². The Labute approximate surface area is 267 Å². The van der Waals surface area contributed by atoms with E-state index in [4.69, 9.17) is 0 Å². The predicted octanol–water partition coefficient (Wildman–Crippen LogP) is 12.8. The zero-order valence-electron chi connectivity index (χ0n) is 27.2. The Hall–Kier alpha value is -4.88. The third-order valence-electron chi connectivity index (χ3n) is 9.19. The van der Waals surface area contributed by atoms with Crippen molar-refractivity contribution >= 4 is 43.7 Å². The topological polar surface area (TPSA) is 12.0 Å². The quantitative estimate of drug-likeness (QED) is 0.203. The van der Waals surface area contributed by atoms with Crippen LogP contribution in [-0.2, 0) is 10.8 Å². The van der Waals surface area contributed by atoms with Crippen molar-refractivity contribution in [3.05, 3.63) is 145 Å². The molecule has 0 radical (unpaired) electrons. The summed E-state index contributed by atoms with van der Waals surface area (Å²) in [6, 6.07) is 49.2. The summed E-state index contributed by atoms with van der Waals surface area (Å²) in [7, 11) is 0. The van der Waals surface area contributed by atoms with Crippen LogP contribution in [0.2, 0.25) is 0 Å². The molecule has 222 valence electrons. The van der Waals surface area contributed by atoms with E-state index in [1.54, 1.807) is 0 Å². The van der Waals surface area contributed by atoms with Crippen LogP contribution in [0.5, 0.6) is 0 Å². The molecule has 0 aliphatic rings. The lowest BCUT2D eigenvalue weighted by molar-refractivity contribution is 0.590. The zero-order valence-corrected chi connectivity index (χ0v) is 27.2. The van der Waals surface area contributed by atoms with Crippen LogP contribution in [-0.4, -0.2) is 0 Å². The Morgan fingerprint density at radius 1 is 0.378 bits per heavy atom. The molecule has 0 amide bonds. The Morgan fingerprint density at radius 2 is 0.822 bits per heavy atom. The highest BCUT2D eigenvalue weighted by atomic mass is 14.9. The molecular weight excluding hydrogens is 542 g/mol. The zero-order chi connectivity index (χ0) is 31.3. The molecule has 1 nitrogen and oxygen atoms in total. The van der Waals surface area contributed by atoms with Crippen LogP contribution < -0.4 is 5.32 Å². The van der Waals surface area contributed by atoms with Crippen LogP contribution in [0, 0.1) is 0 Å². The molecule has 45 heavy (non-hydrogen) atoms. The lowest BCUT2D eigenvalue weighted by Gasteiger charge is -2.22. The molecule has 0 spiro atoms. The van der Waals surface area contributed by atoms with E-state index in [1.807, 2.05) is 0 Å².